The normalized spacial score (nSPS) is 14.4. The average Bonchev–Trinajstić information content (AvgIpc) is 2.37. The monoisotopic (exact) mass is 285 g/mol. The van der Waals surface area contributed by atoms with Crippen molar-refractivity contribution in [1.82, 2.24) is 5.32 Å². The van der Waals surface area contributed by atoms with Crippen LogP contribution in [-0.4, -0.2) is 30.4 Å². The largest absolute Gasteiger partial charge is 0.491 e. The minimum Gasteiger partial charge on any atom is -0.491 e. The maximum Gasteiger partial charge on any atom is 0.120 e. The van der Waals surface area contributed by atoms with E-state index in [1.54, 1.807) is 12.1 Å². The molecule has 0 saturated heterocycles. The van der Waals surface area contributed by atoms with Gasteiger partial charge in [0.25, 0.3) is 0 Å². The van der Waals surface area contributed by atoms with Crippen LogP contribution in [0, 0.1) is 5.92 Å². The number of aliphatic hydroxyl groups excluding tert-OH is 1. The summed E-state index contributed by atoms with van der Waals surface area (Å²) < 4.78 is 5.50. The van der Waals surface area contributed by atoms with Crippen molar-refractivity contribution >= 4 is 11.6 Å². The van der Waals surface area contributed by atoms with Crippen molar-refractivity contribution < 1.29 is 9.84 Å². The van der Waals surface area contributed by atoms with Crippen LogP contribution >= 0.6 is 11.6 Å². The summed E-state index contributed by atoms with van der Waals surface area (Å²) in [6.45, 7) is 7.30. The van der Waals surface area contributed by atoms with Crippen molar-refractivity contribution in [2.45, 2.75) is 39.3 Å². The number of hydrogen-bond donors (Lipinski definition) is 2. The third-order valence-corrected chi connectivity index (χ3v) is 3.33. The van der Waals surface area contributed by atoms with Crippen molar-refractivity contribution in [2.75, 3.05) is 13.2 Å². The minimum atomic E-state index is -0.521. The number of benzene rings is 1. The lowest BCUT2D eigenvalue weighted by Crippen LogP contribution is -2.40. The third-order valence-electron chi connectivity index (χ3n) is 3.10. The van der Waals surface area contributed by atoms with Gasteiger partial charge in [0.1, 0.15) is 18.5 Å². The number of nitrogens with one attached hydrogen (secondary N) is 1. The summed E-state index contributed by atoms with van der Waals surface area (Å²) in [6, 6.07) is 7.62. The van der Waals surface area contributed by atoms with Crippen LogP contribution in [0.25, 0.3) is 0 Å². The maximum absolute atomic E-state index is 9.89. The Balaban J connectivity index is 2.29. The molecule has 0 fully saturated rings. The van der Waals surface area contributed by atoms with E-state index in [0.29, 0.717) is 29.3 Å². The zero-order chi connectivity index (χ0) is 14.3. The van der Waals surface area contributed by atoms with Gasteiger partial charge in [-0.2, -0.15) is 0 Å². The van der Waals surface area contributed by atoms with E-state index in [-0.39, 0.29) is 6.61 Å². The standard InChI is InChI=1S/C15H24ClNO2/c1-4-15(11(2)3)17-9-13(18)10-19-14-7-5-6-12(16)8-14/h5-8,11,13,15,17-18H,4,9-10H2,1-3H3. The SMILES string of the molecule is CCC(NCC(O)COc1cccc(Cl)c1)C(C)C. The number of ether oxygens (including phenoxy) is 1. The van der Waals surface area contributed by atoms with Crippen molar-refractivity contribution in [2.24, 2.45) is 5.92 Å². The fourth-order valence-corrected chi connectivity index (χ4v) is 2.13. The predicted octanol–water partition coefficient (Wildman–Crippen LogP) is 3.10. The molecule has 0 aliphatic rings. The van der Waals surface area contributed by atoms with Gasteiger partial charge in [-0.15, -0.1) is 0 Å². The molecule has 2 atom stereocenters. The maximum atomic E-state index is 9.89. The van der Waals surface area contributed by atoms with E-state index in [1.165, 1.54) is 0 Å². The highest BCUT2D eigenvalue weighted by Crippen LogP contribution is 2.17. The number of halogens is 1. The minimum absolute atomic E-state index is 0.266. The Labute approximate surface area is 120 Å². The van der Waals surface area contributed by atoms with Crippen LogP contribution in [0.15, 0.2) is 24.3 Å². The number of aliphatic hydroxyl groups is 1. The fourth-order valence-electron chi connectivity index (χ4n) is 1.95. The van der Waals surface area contributed by atoms with Crippen molar-refractivity contribution in [3.8, 4) is 5.75 Å². The van der Waals surface area contributed by atoms with Crippen molar-refractivity contribution in [3.05, 3.63) is 29.3 Å². The van der Waals surface area contributed by atoms with Gasteiger partial charge in [0, 0.05) is 17.6 Å². The second-order valence-corrected chi connectivity index (χ2v) is 5.53. The Morgan fingerprint density at radius 3 is 2.68 bits per heavy atom. The van der Waals surface area contributed by atoms with Crippen LogP contribution in [0.3, 0.4) is 0 Å². The van der Waals surface area contributed by atoms with E-state index in [0.717, 1.165) is 6.42 Å². The molecule has 2 unspecified atom stereocenters. The predicted molar refractivity (Wildman–Crippen MR) is 79.9 cm³/mol. The lowest BCUT2D eigenvalue weighted by Gasteiger charge is -2.22. The van der Waals surface area contributed by atoms with E-state index in [2.05, 4.69) is 26.1 Å². The summed E-state index contributed by atoms with van der Waals surface area (Å²) in [4.78, 5) is 0. The fraction of sp³-hybridized carbons (Fsp3) is 0.600. The lowest BCUT2D eigenvalue weighted by atomic mass is 10.0. The molecule has 2 N–H and O–H groups in total. The number of rotatable bonds is 8. The van der Waals surface area contributed by atoms with Gasteiger partial charge in [-0.3, -0.25) is 0 Å². The van der Waals surface area contributed by atoms with E-state index in [1.807, 2.05) is 12.1 Å². The van der Waals surface area contributed by atoms with E-state index < -0.39 is 6.10 Å². The Hall–Kier alpha value is -0.770. The molecule has 3 nitrogen and oxygen atoms in total. The Bertz CT molecular complexity index is 371. The van der Waals surface area contributed by atoms with Crippen LogP contribution in [0.5, 0.6) is 5.75 Å². The molecule has 19 heavy (non-hydrogen) atoms. The molecule has 1 aromatic rings. The van der Waals surface area contributed by atoms with Gasteiger partial charge in [0.2, 0.25) is 0 Å². The van der Waals surface area contributed by atoms with Gasteiger partial charge in [-0.25, -0.2) is 0 Å². The van der Waals surface area contributed by atoms with Crippen LogP contribution < -0.4 is 10.1 Å². The average molecular weight is 286 g/mol. The molecule has 0 aliphatic carbocycles. The highest BCUT2D eigenvalue weighted by atomic mass is 35.5. The molecule has 108 valence electrons. The summed E-state index contributed by atoms with van der Waals surface area (Å²) in [5, 5.41) is 13.9. The van der Waals surface area contributed by atoms with Gasteiger partial charge in [-0.05, 0) is 30.5 Å². The first-order chi connectivity index (χ1) is 9.02. The Morgan fingerprint density at radius 2 is 2.11 bits per heavy atom. The van der Waals surface area contributed by atoms with Crippen LogP contribution in [-0.2, 0) is 0 Å². The highest BCUT2D eigenvalue weighted by Gasteiger charge is 2.13. The van der Waals surface area contributed by atoms with Crippen LogP contribution in [0.2, 0.25) is 5.02 Å². The third kappa shape index (κ3) is 6.28. The quantitative estimate of drug-likeness (QED) is 0.771. The molecule has 0 bridgehead atoms. The summed E-state index contributed by atoms with van der Waals surface area (Å²) >= 11 is 5.86. The van der Waals surface area contributed by atoms with E-state index in [9.17, 15) is 5.11 Å². The smallest absolute Gasteiger partial charge is 0.120 e. The van der Waals surface area contributed by atoms with Crippen molar-refractivity contribution in [1.29, 1.82) is 0 Å². The Morgan fingerprint density at radius 1 is 1.37 bits per heavy atom. The molecule has 0 radical (unpaired) electrons. The van der Waals surface area contributed by atoms with Crippen molar-refractivity contribution in [3.63, 3.8) is 0 Å². The van der Waals surface area contributed by atoms with Crippen LogP contribution in [0.4, 0.5) is 0 Å². The summed E-state index contributed by atoms with van der Waals surface area (Å²) in [6.07, 6.45) is 0.534. The molecular weight excluding hydrogens is 262 g/mol. The second kappa shape index (κ2) is 8.41. The summed E-state index contributed by atoms with van der Waals surface area (Å²) in [5.41, 5.74) is 0. The molecule has 0 aromatic heterocycles. The lowest BCUT2D eigenvalue weighted by molar-refractivity contribution is 0.101. The van der Waals surface area contributed by atoms with Crippen LogP contribution in [0.1, 0.15) is 27.2 Å². The first-order valence-electron chi connectivity index (χ1n) is 6.82. The number of hydrogen-bond acceptors (Lipinski definition) is 3. The van der Waals surface area contributed by atoms with Gasteiger partial charge in [0.15, 0.2) is 0 Å². The molecule has 0 heterocycles. The van der Waals surface area contributed by atoms with E-state index in [4.69, 9.17) is 16.3 Å². The topological polar surface area (TPSA) is 41.5 Å². The van der Waals surface area contributed by atoms with Gasteiger partial charge in [-0.1, -0.05) is 38.4 Å². The zero-order valence-electron chi connectivity index (χ0n) is 11.9. The van der Waals surface area contributed by atoms with Gasteiger partial charge < -0.3 is 15.2 Å². The molecule has 0 amide bonds. The first kappa shape index (κ1) is 16.3. The molecular formula is C15H24ClNO2. The van der Waals surface area contributed by atoms with E-state index >= 15 is 0 Å². The first-order valence-corrected chi connectivity index (χ1v) is 7.20. The molecule has 1 rings (SSSR count). The van der Waals surface area contributed by atoms with Gasteiger partial charge >= 0.3 is 0 Å². The molecule has 0 saturated carbocycles. The molecule has 0 aliphatic heterocycles. The van der Waals surface area contributed by atoms with Gasteiger partial charge in [0.05, 0.1) is 0 Å². The zero-order valence-corrected chi connectivity index (χ0v) is 12.7. The highest BCUT2D eigenvalue weighted by molar-refractivity contribution is 6.30. The molecule has 1 aromatic carbocycles. The Kier molecular flexibility index (Phi) is 7.21. The molecule has 0 spiro atoms. The summed E-state index contributed by atoms with van der Waals surface area (Å²) in [5.74, 6) is 1.24. The second-order valence-electron chi connectivity index (χ2n) is 5.09. The molecule has 4 heteroatoms. The summed E-state index contributed by atoms with van der Waals surface area (Å²) in [7, 11) is 0.